The van der Waals surface area contributed by atoms with Crippen molar-refractivity contribution < 1.29 is 112 Å². The average Bonchev–Trinajstić information content (AvgIpc) is 3.43. The summed E-state index contributed by atoms with van der Waals surface area (Å²) in [4.78, 5) is 27.7. The van der Waals surface area contributed by atoms with Gasteiger partial charge in [0.05, 0.1) is 36.3 Å². The van der Waals surface area contributed by atoms with Crippen molar-refractivity contribution in [1.82, 2.24) is 0 Å². The molecule has 0 spiro atoms. The fourth-order valence-corrected chi connectivity index (χ4v) is 8.90. The van der Waals surface area contributed by atoms with Gasteiger partial charge in [-0.1, -0.05) is 184 Å². The Morgan fingerprint density at radius 2 is 0.408 bits per heavy atom. The number of nitrogens with zero attached hydrogens (tertiary/aromatic N) is 6. The van der Waals surface area contributed by atoms with Crippen LogP contribution in [-0.4, -0.2) is 85.8 Å². The molecule has 15 heteroatoms. The Balaban J connectivity index is 0.000000239. The van der Waals surface area contributed by atoms with Crippen LogP contribution >= 0.6 is 0 Å². The van der Waals surface area contributed by atoms with E-state index in [0.29, 0.717) is 33.4 Å². The summed E-state index contributed by atoms with van der Waals surface area (Å²) in [7, 11) is 1.00. The van der Waals surface area contributed by atoms with E-state index in [-0.39, 0.29) is 147 Å². The van der Waals surface area contributed by atoms with Gasteiger partial charge < -0.3 is 35.7 Å². The van der Waals surface area contributed by atoms with E-state index in [0.717, 1.165) is 84.2 Å². The van der Waals surface area contributed by atoms with Gasteiger partial charge in [0.2, 0.25) is 0 Å². The Morgan fingerprint density at radius 3 is 0.539 bits per heavy atom. The minimum Gasteiger partial charge on any atom is -0.872 e. The van der Waals surface area contributed by atoms with Crippen LogP contribution in [0.1, 0.15) is 110 Å². The van der Waals surface area contributed by atoms with Crippen LogP contribution in [0, 0.1) is 76.3 Å². The number of para-hydroxylation sites is 6. The molecule has 3 aliphatic carbocycles. The second-order valence-electron chi connectivity index (χ2n) is 18.2. The summed E-state index contributed by atoms with van der Waals surface area (Å²) >= 11 is 0. The van der Waals surface area contributed by atoms with Gasteiger partial charge in [-0.25, -0.2) is 0 Å². The number of aliphatic imine (C=N–C) groups is 6. The molecule has 6 aromatic rings. The van der Waals surface area contributed by atoms with Crippen LogP contribution in [-0.2, 0) is 0 Å². The molecule has 400 valence electrons. The molecule has 6 atom stereocenters. The number of benzene rings is 6. The van der Waals surface area contributed by atoms with Crippen molar-refractivity contribution in [2.75, 3.05) is 7.11 Å². The van der Waals surface area contributed by atoms with Crippen molar-refractivity contribution in [3.8, 4) is 34.5 Å². The van der Waals surface area contributed by atoms with E-state index in [4.69, 9.17) is 5.11 Å². The van der Waals surface area contributed by atoms with Crippen LogP contribution in [0.3, 0.4) is 0 Å². The summed E-state index contributed by atoms with van der Waals surface area (Å²) in [6, 6.07) is 41.7. The zero-order valence-corrected chi connectivity index (χ0v) is 46.5. The van der Waals surface area contributed by atoms with Gasteiger partial charge in [0.1, 0.15) is 0 Å². The van der Waals surface area contributed by atoms with Gasteiger partial charge in [-0.05, 0) is 71.9 Å². The van der Waals surface area contributed by atoms with Gasteiger partial charge in [0.25, 0.3) is 0 Å². The van der Waals surface area contributed by atoms with Crippen LogP contribution in [0.2, 0.25) is 0 Å². The molecular weight excluding hydrogens is 1250 g/mol. The third kappa shape index (κ3) is 20.5. The first-order chi connectivity index (χ1) is 36.2. The van der Waals surface area contributed by atoms with Gasteiger partial charge in [0.15, 0.2) is 0 Å². The van der Waals surface area contributed by atoms with Crippen LogP contribution in [0.5, 0.6) is 34.5 Å². The number of aliphatic hydroxyl groups excluding tert-OH is 1. The molecule has 0 heterocycles. The molecule has 0 aromatic heterocycles. The van der Waals surface area contributed by atoms with Crippen molar-refractivity contribution in [2.24, 2.45) is 30.0 Å². The third-order valence-electron chi connectivity index (χ3n) is 13.0. The van der Waals surface area contributed by atoms with E-state index in [1.807, 2.05) is 36.4 Å². The monoisotopic (exact) mass is 1320 g/mol. The Labute approximate surface area is 508 Å². The molecule has 0 saturated heterocycles. The Bertz CT molecular complexity index is 2350. The van der Waals surface area contributed by atoms with Crippen LogP contribution in [0.4, 0.5) is 0 Å². The molecule has 3 saturated carbocycles. The maximum absolute atomic E-state index is 11.8. The fraction of sp³-hybridized carbons (Fsp3) is 0.311. The first-order valence-corrected chi connectivity index (χ1v) is 25.4. The van der Waals surface area contributed by atoms with Gasteiger partial charge in [-0.3, -0.25) is 30.0 Å². The van der Waals surface area contributed by atoms with E-state index in [1.165, 1.54) is 0 Å². The molecule has 1 N–H and O–H groups in total. The third-order valence-corrected chi connectivity index (χ3v) is 13.0. The number of hydrogen-bond acceptors (Lipinski definition) is 13. The fourth-order valence-electron chi connectivity index (χ4n) is 8.90. The molecule has 9 rings (SSSR count). The summed E-state index contributed by atoms with van der Waals surface area (Å²) in [5, 5.41) is 77.6. The molecule has 0 aliphatic heterocycles. The second-order valence-corrected chi connectivity index (χ2v) is 18.2. The molecule has 13 nitrogen and oxygen atoms in total. The zero-order chi connectivity index (χ0) is 52.3. The Hall–Kier alpha value is -5.35. The van der Waals surface area contributed by atoms with Gasteiger partial charge in [-0.15, -0.1) is 34.5 Å². The average molecular weight is 1320 g/mol. The van der Waals surface area contributed by atoms with E-state index in [1.54, 1.807) is 146 Å². The number of hydrogen-bond donors (Lipinski definition) is 1. The maximum Gasteiger partial charge on any atom is 3.00 e. The zero-order valence-electron chi connectivity index (χ0n) is 42.5. The molecule has 0 unspecified atom stereocenters. The molecule has 2 radical (unpaired) electrons. The topological polar surface area (TPSA) is 233 Å². The molecule has 3 aliphatic rings. The molecule has 3 fully saturated rings. The van der Waals surface area contributed by atoms with Crippen LogP contribution < -0.4 is 30.6 Å². The smallest absolute Gasteiger partial charge is 0.872 e. The number of aliphatic hydroxyl groups is 1. The second kappa shape index (κ2) is 35.1. The van der Waals surface area contributed by atoms with E-state index in [9.17, 15) is 30.6 Å². The van der Waals surface area contributed by atoms with E-state index < -0.39 is 0 Å². The first kappa shape index (κ1) is 63.2. The van der Waals surface area contributed by atoms with Crippen molar-refractivity contribution in [3.63, 3.8) is 0 Å². The predicted molar refractivity (Wildman–Crippen MR) is 287 cm³/mol. The first-order valence-electron chi connectivity index (χ1n) is 25.4. The van der Waals surface area contributed by atoms with Crippen molar-refractivity contribution >= 4 is 37.3 Å². The minimum absolute atomic E-state index is 0. The van der Waals surface area contributed by atoms with Gasteiger partial charge in [-0.2, -0.15) is 0 Å². The van der Waals surface area contributed by atoms with Crippen LogP contribution in [0.25, 0.3) is 0 Å². The molecule has 0 amide bonds. The van der Waals surface area contributed by atoms with Crippen molar-refractivity contribution in [1.29, 1.82) is 0 Å². The largest absolute Gasteiger partial charge is 3.00 e. The SMILES string of the molecule is CO.[Dy+3].[Dy+3].[O-]c1ccccc1C=N[C@@H]1CCCC[C@H]1N=Cc1ccccc1[O-].[O-]c1ccccc1C=N[C@H]1CCCC[C@@H]1N=Cc1ccccc1[O-].[O-]c1ccccc1C=N[C@H]1CCCC[C@@H]1N=Cc1ccccc1[O-]. The van der Waals surface area contributed by atoms with Crippen molar-refractivity contribution in [3.05, 3.63) is 179 Å². The van der Waals surface area contributed by atoms with Gasteiger partial charge >= 0.3 is 76.3 Å². The quantitative estimate of drug-likeness (QED) is 0.120. The summed E-state index contributed by atoms with van der Waals surface area (Å²) in [5.41, 5.74) is 3.64. The Kier molecular flexibility index (Phi) is 29.2. The normalized spacial score (nSPS) is 20.4. The molecule has 76 heavy (non-hydrogen) atoms. The molecular formula is C61H64Dy2N6O7. The summed E-state index contributed by atoms with van der Waals surface area (Å²) in [6.07, 6.45) is 22.5. The maximum atomic E-state index is 11.8. The Morgan fingerprint density at radius 1 is 0.276 bits per heavy atom. The summed E-state index contributed by atoms with van der Waals surface area (Å²) in [6.45, 7) is 0. The van der Waals surface area contributed by atoms with Crippen molar-refractivity contribution in [2.45, 2.75) is 113 Å². The molecule has 0 bridgehead atoms. The standard InChI is InChI=1S/3C20H22N2O2.CH4O.2Dy/c3*23-19-11-5-1-7-15(19)13-21-17-9-3-4-10-18(17)22-14-16-8-2-6-12-20(16)24;1-2;;/h3*1-2,5-8,11-14,17-18,23-24H,3-4,9-10H2;2H,1H3;;/q;;;;2*+3/p-6/t3*17-,18-;;;/m100.../s1. The summed E-state index contributed by atoms with van der Waals surface area (Å²) in [5.74, 6) is -0.0978. The number of rotatable bonds is 12. The summed E-state index contributed by atoms with van der Waals surface area (Å²) < 4.78 is 0. The van der Waals surface area contributed by atoms with Gasteiger partial charge in [0, 0.05) is 44.4 Å². The van der Waals surface area contributed by atoms with E-state index >= 15 is 0 Å². The van der Waals surface area contributed by atoms with Crippen LogP contribution in [0.15, 0.2) is 176 Å². The minimum atomic E-state index is -0.0163. The predicted octanol–water partition coefficient (Wildman–Crippen LogP) is 7.66. The van der Waals surface area contributed by atoms with E-state index in [2.05, 4.69) is 30.0 Å². The molecule has 6 aromatic carbocycles.